The van der Waals surface area contributed by atoms with E-state index in [1.54, 1.807) is 6.20 Å². The Bertz CT molecular complexity index is 1120. The molecular formula is C28H32N4O. The van der Waals surface area contributed by atoms with Crippen LogP contribution in [-0.4, -0.2) is 54.6 Å². The average molecular weight is 441 g/mol. The van der Waals surface area contributed by atoms with Gasteiger partial charge in [0.1, 0.15) is 0 Å². The van der Waals surface area contributed by atoms with Gasteiger partial charge in [-0.15, -0.1) is 0 Å². The number of fused-ring (bicyclic) bond motifs is 1. The standard InChI is InChI=1S/C28H32N4O/c1-21-18-31(14-13-30-21)19-27(33)32-20-28(2,24-9-6-12-29-17-24)25-11-10-23(16-26(25)32)15-22-7-4-3-5-8-22/h3-12,16-17,21,30H,13-15,18-20H2,1-2H3. The average Bonchev–Trinajstić information content (AvgIpc) is 3.14. The Morgan fingerprint density at radius 1 is 1.12 bits per heavy atom. The third-order valence-electron chi connectivity index (χ3n) is 7.08. The lowest BCUT2D eigenvalue weighted by atomic mass is 9.78. The van der Waals surface area contributed by atoms with E-state index in [2.05, 4.69) is 77.6 Å². The number of nitrogens with one attached hydrogen (secondary N) is 1. The van der Waals surface area contributed by atoms with Crippen LogP contribution in [0.2, 0.25) is 0 Å². The number of carbonyl (C=O) groups excluding carboxylic acids is 1. The first kappa shape index (κ1) is 21.8. The fourth-order valence-electron chi connectivity index (χ4n) is 5.29. The summed E-state index contributed by atoms with van der Waals surface area (Å²) >= 11 is 0. The zero-order valence-electron chi connectivity index (χ0n) is 19.5. The summed E-state index contributed by atoms with van der Waals surface area (Å²) in [5.41, 5.74) is 5.62. The highest BCUT2D eigenvalue weighted by Gasteiger charge is 2.43. The van der Waals surface area contributed by atoms with Crippen molar-refractivity contribution in [2.45, 2.75) is 31.7 Å². The highest BCUT2D eigenvalue weighted by molar-refractivity contribution is 5.98. The van der Waals surface area contributed by atoms with Gasteiger partial charge in [-0.3, -0.25) is 14.7 Å². The predicted molar refractivity (Wildman–Crippen MR) is 133 cm³/mol. The van der Waals surface area contributed by atoms with Crippen LogP contribution in [0.5, 0.6) is 0 Å². The van der Waals surface area contributed by atoms with Crippen LogP contribution in [0.25, 0.3) is 0 Å². The van der Waals surface area contributed by atoms with Crippen molar-refractivity contribution in [3.63, 3.8) is 0 Å². The van der Waals surface area contributed by atoms with Crippen molar-refractivity contribution in [3.05, 3.63) is 95.3 Å². The molecule has 0 saturated carbocycles. The second-order valence-corrected chi connectivity index (χ2v) is 9.66. The molecule has 2 aliphatic heterocycles. The number of rotatable bonds is 5. The number of pyridine rings is 1. The van der Waals surface area contributed by atoms with Gasteiger partial charge < -0.3 is 10.2 Å². The summed E-state index contributed by atoms with van der Waals surface area (Å²) in [6, 6.07) is 21.7. The molecule has 0 spiro atoms. The van der Waals surface area contributed by atoms with Crippen LogP contribution in [0.3, 0.4) is 0 Å². The molecule has 5 rings (SSSR count). The summed E-state index contributed by atoms with van der Waals surface area (Å²) in [5, 5.41) is 3.46. The molecule has 170 valence electrons. The number of benzene rings is 2. The van der Waals surface area contributed by atoms with Crippen LogP contribution in [0.4, 0.5) is 5.69 Å². The minimum atomic E-state index is -0.277. The third kappa shape index (κ3) is 4.43. The Hall–Kier alpha value is -3.02. The van der Waals surface area contributed by atoms with Gasteiger partial charge >= 0.3 is 0 Å². The zero-order valence-corrected chi connectivity index (χ0v) is 19.5. The van der Waals surface area contributed by atoms with E-state index in [1.807, 2.05) is 23.2 Å². The van der Waals surface area contributed by atoms with Crippen LogP contribution in [0, 0.1) is 0 Å². The summed E-state index contributed by atoms with van der Waals surface area (Å²) in [7, 11) is 0. The normalized spacial score (nSPS) is 22.8. The molecule has 33 heavy (non-hydrogen) atoms. The molecule has 1 N–H and O–H groups in total. The summed E-state index contributed by atoms with van der Waals surface area (Å²) in [4.78, 5) is 22.3. The number of carbonyl (C=O) groups is 1. The Balaban J connectivity index is 1.48. The van der Waals surface area contributed by atoms with Gasteiger partial charge in [0.25, 0.3) is 0 Å². The molecule has 3 heterocycles. The molecule has 5 nitrogen and oxygen atoms in total. The van der Waals surface area contributed by atoms with Crippen molar-refractivity contribution in [3.8, 4) is 0 Å². The Kier molecular flexibility index (Phi) is 6.00. The number of amides is 1. The van der Waals surface area contributed by atoms with Crippen molar-refractivity contribution < 1.29 is 4.79 Å². The highest BCUT2D eigenvalue weighted by atomic mass is 16.2. The highest BCUT2D eigenvalue weighted by Crippen LogP contribution is 2.45. The van der Waals surface area contributed by atoms with E-state index in [-0.39, 0.29) is 11.3 Å². The molecule has 2 aliphatic rings. The Morgan fingerprint density at radius 3 is 2.73 bits per heavy atom. The maximum Gasteiger partial charge on any atom is 0.241 e. The maximum absolute atomic E-state index is 13.6. The lowest BCUT2D eigenvalue weighted by Gasteiger charge is -2.33. The number of anilines is 1. The molecule has 1 amide bonds. The second kappa shape index (κ2) is 9.08. The first-order valence-corrected chi connectivity index (χ1v) is 11.9. The molecule has 1 aromatic heterocycles. The van der Waals surface area contributed by atoms with Gasteiger partial charge in [0.15, 0.2) is 0 Å². The van der Waals surface area contributed by atoms with Gasteiger partial charge in [-0.2, -0.15) is 0 Å². The molecule has 0 aliphatic carbocycles. The van der Waals surface area contributed by atoms with Crippen LogP contribution >= 0.6 is 0 Å². The molecule has 2 atom stereocenters. The van der Waals surface area contributed by atoms with Crippen LogP contribution in [0.15, 0.2) is 73.1 Å². The van der Waals surface area contributed by atoms with E-state index >= 15 is 0 Å². The summed E-state index contributed by atoms with van der Waals surface area (Å²) in [6.45, 7) is 8.25. The molecule has 0 bridgehead atoms. The largest absolute Gasteiger partial charge is 0.312 e. The Morgan fingerprint density at radius 2 is 1.97 bits per heavy atom. The molecule has 0 radical (unpaired) electrons. The smallest absolute Gasteiger partial charge is 0.241 e. The van der Waals surface area contributed by atoms with Gasteiger partial charge in [-0.1, -0.05) is 48.5 Å². The van der Waals surface area contributed by atoms with Crippen LogP contribution in [0.1, 0.15) is 36.1 Å². The van der Waals surface area contributed by atoms with Gasteiger partial charge in [0.05, 0.1) is 6.54 Å². The predicted octanol–water partition coefficient (Wildman–Crippen LogP) is 3.62. The quantitative estimate of drug-likeness (QED) is 0.658. The van der Waals surface area contributed by atoms with Gasteiger partial charge in [0, 0.05) is 55.7 Å². The van der Waals surface area contributed by atoms with Gasteiger partial charge in [-0.05, 0) is 54.7 Å². The number of nitrogens with zero attached hydrogens (tertiary/aromatic N) is 3. The van der Waals surface area contributed by atoms with Crippen molar-refractivity contribution in [1.29, 1.82) is 0 Å². The summed E-state index contributed by atoms with van der Waals surface area (Å²) in [6.07, 6.45) is 4.60. The van der Waals surface area contributed by atoms with E-state index in [0.717, 1.165) is 37.3 Å². The monoisotopic (exact) mass is 440 g/mol. The number of hydrogen-bond donors (Lipinski definition) is 1. The molecule has 1 saturated heterocycles. The lowest BCUT2D eigenvalue weighted by Crippen LogP contribution is -2.52. The van der Waals surface area contributed by atoms with E-state index in [4.69, 9.17) is 0 Å². The molecule has 3 aromatic rings. The molecule has 2 aromatic carbocycles. The topological polar surface area (TPSA) is 48.5 Å². The minimum absolute atomic E-state index is 0.176. The van der Waals surface area contributed by atoms with Gasteiger partial charge in [0.2, 0.25) is 5.91 Å². The van der Waals surface area contributed by atoms with E-state index in [1.165, 1.54) is 16.7 Å². The van der Waals surface area contributed by atoms with E-state index < -0.39 is 0 Å². The van der Waals surface area contributed by atoms with Crippen molar-refractivity contribution in [2.24, 2.45) is 0 Å². The molecule has 2 unspecified atom stereocenters. The maximum atomic E-state index is 13.6. The third-order valence-corrected chi connectivity index (χ3v) is 7.08. The van der Waals surface area contributed by atoms with Crippen molar-refractivity contribution in [2.75, 3.05) is 37.6 Å². The fraction of sp³-hybridized carbons (Fsp3) is 0.357. The number of hydrogen-bond acceptors (Lipinski definition) is 4. The SMILES string of the molecule is CC1CN(CC(=O)N2CC(C)(c3cccnc3)c3ccc(Cc4ccccc4)cc32)CCN1. The van der Waals surface area contributed by atoms with Crippen LogP contribution < -0.4 is 10.2 Å². The van der Waals surface area contributed by atoms with Crippen molar-refractivity contribution >= 4 is 11.6 Å². The zero-order chi connectivity index (χ0) is 22.8. The first-order chi connectivity index (χ1) is 16.0. The lowest BCUT2D eigenvalue weighted by molar-refractivity contribution is -0.120. The molecule has 5 heteroatoms. The summed E-state index contributed by atoms with van der Waals surface area (Å²) in [5.74, 6) is 0.176. The molecular weight excluding hydrogens is 408 g/mol. The second-order valence-electron chi connectivity index (χ2n) is 9.66. The van der Waals surface area contributed by atoms with E-state index in [9.17, 15) is 4.79 Å². The number of aromatic nitrogens is 1. The fourth-order valence-corrected chi connectivity index (χ4v) is 5.29. The van der Waals surface area contributed by atoms with E-state index in [0.29, 0.717) is 19.1 Å². The minimum Gasteiger partial charge on any atom is -0.312 e. The first-order valence-electron chi connectivity index (χ1n) is 11.9. The Labute approximate surface area is 196 Å². The van der Waals surface area contributed by atoms with Crippen molar-refractivity contribution in [1.82, 2.24) is 15.2 Å². The molecule has 1 fully saturated rings. The summed E-state index contributed by atoms with van der Waals surface area (Å²) < 4.78 is 0. The number of piperazine rings is 1. The van der Waals surface area contributed by atoms with Gasteiger partial charge in [-0.25, -0.2) is 0 Å². The van der Waals surface area contributed by atoms with Crippen LogP contribution in [-0.2, 0) is 16.6 Å².